The van der Waals surface area contributed by atoms with Crippen LogP contribution < -0.4 is 5.32 Å². The Morgan fingerprint density at radius 3 is 2.28 bits per heavy atom. The van der Waals surface area contributed by atoms with E-state index in [0.29, 0.717) is 6.54 Å². The fourth-order valence-corrected chi connectivity index (χ4v) is 3.23. The maximum Gasteiger partial charge on any atom is 0.238 e. The van der Waals surface area contributed by atoms with Crippen LogP contribution in [-0.4, -0.2) is 36.2 Å². The van der Waals surface area contributed by atoms with Crippen molar-refractivity contribution in [1.29, 1.82) is 0 Å². The second kappa shape index (κ2) is 8.08. The zero-order chi connectivity index (χ0) is 17.6. The highest BCUT2D eigenvalue weighted by Crippen LogP contribution is 2.21. The zero-order valence-electron chi connectivity index (χ0n) is 14.6. The molecule has 4 heteroatoms. The third-order valence-corrected chi connectivity index (χ3v) is 4.72. The number of benzene rings is 2. The zero-order valence-corrected chi connectivity index (χ0v) is 14.6. The molecule has 3 rings (SSSR count). The van der Waals surface area contributed by atoms with Crippen molar-refractivity contribution in [2.45, 2.75) is 19.8 Å². The van der Waals surface area contributed by atoms with Crippen molar-refractivity contribution in [3.63, 3.8) is 0 Å². The van der Waals surface area contributed by atoms with Crippen LogP contribution in [0.5, 0.6) is 0 Å². The molecule has 2 aromatic rings. The number of Topliss-reactive ketones (excluding diaryl/α,β-unsaturated/α-hetero) is 1. The van der Waals surface area contributed by atoms with Gasteiger partial charge >= 0.3 is 0 Å². The van der Waals surface area contributed by atoms with E-state index in [2.05, 4.69) is 10.2 Å². The lowest BCUT2D eigenvalue weighted by molar-refractivity contribution is -0.117. The van der Waals surface area contributed by atoms with Crippen LogP contribution in [0.4, 0.5) is 5.69 Å². The van der Waals surface area contributed by atoms with Crippen LogP contribution in [0.15, 0.2) is 54.6 Å². The summed E-state index contributed by atoms with van der Waals surface area (Å²) in [6, 6.07) is 17.3. The molecule has 1 aliphatic rings. The predicted molar refractivity (Wildman–Crippen MR) is 99.7 cm³/mol. The molecule has 1 aliphatic heterocycles. The van der Waals surface area contributed by atoms with E-state index in [-0.39, 0.29) is 17.6 Å². The molecule has 0 spiro atoms. The van der Waals surface area contributed by atoms with Crippen LogP contribution in [0.3, 0.4) is 0 Å². The largest absolute Gasteiger partial charge is 0.325 e. The van der Waals surface area contributed by atoms with Crippen LogP contribution in [-0.2, 0) is 4.79 Å². The Hall–Kier alpha value is -2.46. The highest BCUT2D eigenvalue weighted by atomic mass is 16.2. The lowest BCUT2D eigenvalue weighted by Crippen LogP contribution is -2.40. The van der Waals surface area contributed by atoms with Gasteiger partial charge in [-0.2, -0.15) is 0 Å². The van der Waals surface area contributed by atoms with Gasteiger partial charge in [-0.05, 0) is 45.0 Å². The third-order valence-electron chi connectivity index (χ3n) is 4.72. The van der Waals surface area contributed by atoms with Crippen LogP contribution in [0, 0.1) is 12.8 Å². The summed E-state index contributed by atoms with van der Waals surface area (Å²) < 4.78 is 0. The van der Waals surface area contributed by atoms with E-state index in [1.165, 1.54) is 5.56 Å². The van der Waals surface area contributed by atoms with Crippen LogP contribution in [0.1, 0.15) is 28.8 Å². The third kappa shape index (κ3) is 4.77. The van der Waals surface area contributed by atoms with Gasteiger partial charge in [0.05, 0.1) is 6.54 Å². The number of rotatable bonds is 5. The monoisotopic (exact) mass is 336 g/mol. The first-order valence-corrected chi connectivity index (χ1v) is 8.80. The Morgan fingerprint density at radius 1 is 1.00 bits per heavy atom. The highest BCUT2D eigenvalue weighted by molar-refractivity contribution is 5.98. The number of hydrogen-bond acceptors (Lipinski definition) is 3. The Kier molecular flexibility index (Phi) is 5.61. The number of hydrogen-bond donors (Lipinski definition) is 1. The van der Waals surface area contributed by atoms with Gasteiger partial charge < -0.3 is 5.32 Å². The number of carbonyl (C=O) groups is 2. The highest BCUT2D eigenvalue weighted by Gasteiger charge is 2.26. The van der Waals surface area contributed by atoms with Gasteiger partial charge in [0.15, 0.2) is 5.78 Å². The van der Waals surface area contributed by atoms with E-state index >= 15 is 0 Å². The molecule has 0 unspecified atom stereocenters. The normalized spacial score (nSPS) is 15.7. The first kappa shape index (κ1) is 17.4. The number of piperidine rings is 1. The Balaban J connectivity index is 1.46. The van der Waals surface area contributed by atoms with E-state index in [1.54, 1.807) is 0 Å². The molecule has 25 heavy (non-hydrogen) atoms. The molecule has 1 fully saturated rings. The minimum atomic E-state index is -0.00307. The van der Waals surface area contributed by atoms with E-state index in [9.17, 15) is 9.59 Å². The van der Waals surface area contributed by atoms with Gasteiger partial charge in [0.1, 0.15) is 0 Å². The van der Waals surface area contributed by atoms with Gasteiger partial charge in [0.2, 0.25) is 5.91 Å². The summed E-state index contributed by atoms with van der Waals surface area (Å²) >= 11 is 0. The SMILES string of the molecule is Cc1ccc(NC(=O)CN2CCC(C(=O)c3ccccc3)CC2)cc1. The Bertz CT molecular complexity index is 717. The van der Waals surface area contributed by atoms with Crippen LogP contribution in [0.2, 0.25) is 0 Å². The van der Waals surface area contributed by atoms with Crippen molar-refractivity contribution in [3.05, 3.63) is 65.7 Å². The molecule has 4 nitrogen and oxygen atoms in total. The predicted octanol–water partition coefficient (Wildman–Crippen LogP) is 3.53. The summed E-state index contributed by atoms with van der Waals surface area (Å²) in [6.07, 6.45) is 1.62. The molecule has 0 aliphatic carbocycles. The Morgan fingerprint density at radius 2 is 1.64 bits per heavy atom. The molecule has 2 aromatic carbocycles. The summed E-state index contributed by atoms with van der Waals surface area (Å²) in [5.41, 5.74) is 2.78. The molecule has 130 valence electrons. The van der Waals surface area contributed by atoms with Gasteiger partial charge in [-0.15, -0.1) is 0 Å². The number of likely N-dealkylation sites (tertiary alicyclic amines) is 1. The second-order valence-corrected chi connectivity index (χ2v) is 6.69. The van der Waals surface area contributed by atoms with E-state index in [0.717, 1.165) is 37.2 Å². The van der Waals surface area contributed by atoms with Gasteiger partial charge in [-0.3, -0.25) is 14.5 Å². The number of nitrogens with one attached hydrogen (secondary N) is 1. The maximum atomic E-state index is 12.5. The smallest absolute Gasteiger partial charge is 0.238 e. The molecule has 0 bridgehead atoms. The summed E-state index contributed by atoms with van der Waals surface area (Å²) in [6.45, 7) is 3.96. The molecule has 1 amide bonds. The summed E-state index contributed by atoms with van der Waals surface area (Å²) in [7, 11) is 0. The minimum Gasteiger partial charge on any atom is -0.325 e. The molecule has 0 saturated carbocycles. The second-order valence-electron chi connectivity index (χ2n) is 6.69. The first-order valence-electron chi connectivity index (χ1n) is 8.80. The molecule has 1 saturated heterocycles. The molecule has 0 atom stereocenters. The van der Waals surface area contributed by atoms with Crippen LogP contribution >= 0.6 is 0 Å². The number of ketones is 1. The first-order chi connectivity index (χ1) is 12.1. The van der Waals surface area contributed by atoms with E-state index in [4.69, 9.17) is 0 Å². The number of nitrogens with zero attached hydrogens (tertiary/aromatic N) is 1. The van der Waals surface area contributed by atoms with Gasteiger partial charge in [-0.25, -0.2) is 0 Å². The van der Waals surface area contributed by atoms with Gasteiger partial charge in [0, 0.05) is 17.2 Å². The average molecular weight is 336 g/mol. The minimum absolute atomic E-state index is 0.00307. The number of carbonyl (C=O) groups excluding carboxylic acids is 2. The summed E-state index contributed by atoms with van der Waals surface area (Å²) in [5, 5.41) is 2.93. The van der Waals surface area contributed by atoms with Crippen molar-refractivity contribution in [1.82, 2.24) is 4.90 Å². The molecular weight excluding hydrogens is 312 g/mol. The van der Waals surface area contributed by atoms with E-state index < -0.39 is 0 Å². The lowest BCUT2D eigenvalue weighted by atomic mass is 9.89. The van der Waals surface area contributed by atoms with Crippen molar-refractivity contribution in [2.75, 3.05) is 25.0 Å². The lowest BCUT2D eigenvalue weighted by Gasteiger charge is -2.30. The van der Waals surface area contributed by atoms with E-state index in [1.807, 2.05) is 61.5 Å². The fraction of sp³-hybridized carbons (Fsp3) is 0.333. The van der Waals surface area contributed by atoms with Crippen molar-refractivity contribution < 1.29 is 9.59 Å². The molecule has 1 N–H and O–H groups in total. The number of anilines is 1. The summed E-state index contributed by atoms with van der Waals surface area (Å²) in [5.74, 6) is 0.292. The maximum absolute atomic E-state index is 12.5. The molecule has 0 radical (unpaired) electrons. The van der Waals surface area contributed by atoms with Crippen molar-refractivity contribution in [3.8, 4) is 0 Å². The van der Waals surface area contributed by atoms with Gasteiger partial charge in [0.25, 0.3) is 0 Å². The van der Waals surface area contributed by atoms with Gasteiger partial charge in [-0.1, -0.05) is 48.0 Å². The standard InChI is InChI=1S/C21H24N2O2/c1-16-7-9-19(10-8-16)22-20(24)15-23-13-11-18(12-14-23)21(25)17-5-3-2-4-6-17/h2-10,18H,11-15H2,1H3,(H,22,24). The fourth-order valence-electron chi connectivity index (χ4n) is 3.23. The quantitative estimate of drug-likeness (QED) is 0.850. The number of aryl methyl sites for hydroxylation is 1. The van der Waals surface area contributed by atoms with Crippen molar-refractivity contribution in [2.24, 2.45) is 5.92 Å². The molecule has 0 aromatic heterocycles. The van der Waals surface area contributed by atoms with Crippen LogP contribution in [0.25, 0.3) is 0 Å². The number of amides is 1. The average Bonchev–Trinajstić information content (AvgIpc) is 2.64. The molecule has 1 heterocycles. The summed E-state index contributed by atoms with van der Waals surface area (Å²) in [4.78, 5) is 26.8. The molecular formula is C21H24N2O2. The van der Waals surface area contributed by atoms with Crippen molar-refractivity contribution >= 4 is 17.4 Å². The Labute approximate surface area is 148 Å². The topological polar surface area (TPSA) is 49.4 Å².